The second kappa shape index (κ2) is 6.22. The Morgan fingerprint density at radius 1 is 1.40 bits per heavy atom. The number of halogens is 1. The summed E-state index contributed by atoms with van der Waals surface area (Å²) in [6.07, 6.45) is 1.85. The van der Waals surface area contributed by atoms with E-state index in [1.54, 1.807) is 7.11 Å². The van der Waals surface area contributed by atoms with E-state index in [2.05, 4.69) is 32.9 Å². The molecule has 0 radical (unpaired) electrons. The van der Waals surface area contributed by atoms with E-state index in [1.165, 1.54) is 0 Å². The fourth-order valence-corrected chi connectivity index (χ4v) is 2.64. The van der Waals surface area contributed by atoms with Gasteiger partial charge in [0.1, 0.15) is 11.4 Å². The lowest BCUT2D eigenvalue weighted by atomic mass is 10.2. The highest BCUT2D eigenvalue weighted by Gasteiger charge is 2.08. The van der Waals surface area contributed by atoms with Crippen molar-refractivity contribution in [3.05, 3.63) is 39.6 Å². The third-order valence-electron chi connectivity index (χ3n) is 3.16. The zero-order valence-corrected chi connectivity index (χ0v) is 13.7. The van der Waals surface area contributed by atoms with Crippen LogP contribution in [-0.4, -0.2) is 23.1 Å². The van der Waals surface area contributed by atoms with Crippen molar-refractivity contribution in [3.8, 4) is 5.75 Å². The first-order valence-corrected chi connectivity index (χ1v) is 7.27. The minimum Gasteiger partial charge on any atom is -0.496 e. The zero-order valence-electron chi connectivity index (χ0n) is 12.1. The molecule has 1 aromatic carbocycles. The van der Waals surface area contributed by atoms with Gasteiger partial charge in [-0.25, -0.2) is 0 Å². The van der Waals surface area contributed by atoms with Gasteiger partial charge in [0.05, 0.1) is 23.0 Å². The van der Waals surface area contributed by atoms with Crippen LogP contribution in [0.25, 0.3) is 0 Å². The van der Waals surface area contributed by atoms with Gasteiger partial charge in [0.15, 0.2) is 0 Å². The van der Waals surface area contributed by atoms with Gasteiger partial charge in [0.25, 0.3) is 0 Å². The molecule has 20 heavy (non-hydrogen) atoms. The second-order valence-electron chi connectivity index (χ2n) is 4.49. The van der Waals surface area contributed by atoms with Crippen LogP contribution >= 0.6 is 15.9 Å². The molecule has 0 bridgehead atoms. The van der Waals surface area contributed by atoms with Gasteiger partial charge in [-0.15, -0.1) is 0 Å². The highest BCUT2D eigenvalue weighted by atomic mass is 79.9. The maximum atomic E-state index is 5.21. The lowest BCUT2D eigenvalue weighted by Gasteiger charge is -2.03. The number of hydrogen-bond donors (Lipinski definition) is 0. The molecule has 2 aromatic rings. The monoisotopic (exact) mass is 335 g/mol. The zero-order chi connectivity index (χ0) is 14.7. The van der Waals surface area contributed by atoms with E-state index in [9.17, 15) is 0 Å². The molecule has 0 aliphatic rings. The largest absolute Gasteiger partial charge is 0.496 e. The van der Waals surface area contributed by atoms with Gasteiger partial charge >= 0.3 is 0 Å². The fraction of sp³-hybridized carbons (Fsp3) is 0.333. The molecule has 0 fully saturated rings. The van der Waals surface area contributed by atoms with E-state index in [-0.39, 0.29) is 0 Å². The van der Waals surface area contributed by atoms with Crippen LogP contribution in [0.4, 0.5) is 5.69 Å². The summed E-state index contributed by atoms with van der Waals surface area (Å²) < 4.78 is 8.10. The number of benzene rings is 1. The van der Waals surface area contributed by atoms with Crippen molar-refractivity contribution >= 4 is 27.8 Å². The number of nitrogens with zero attached hydrogens (tertiary/aromatic N) is 3. The minimum atomic E-state index is 0.813. The van der Waals surface area contributed by atoms with Crippen LogP contribution in [0.3, 0.4) is 0 Å². The van der Waals surface area contributed by atoms with Crippen molar-refractivity contribution in [3.63, 3.8) is 0 Å². The van der Waals surface area contributed by atoms with E-state index in [1.807, 2.05) is 42.9 Å². The molecule has 2 rings (SSSR count). The van der Waals surface area contributed by atoms with Crippen LogP contribution in [0.15, 0.2) is 27.7 Å². The quantitative estimate of drug-likeness (QED) is 0.791. The van der Waals surface area contributed by atoms with E-state index >= 15 is 0 Å². The third-order valence-corrected chi connectivity index (χ3v) is 3.78. The first-order chi connectivity index (χ1) is 9.56. The molecule has 0 atom stereocenters. The summed E-state index contributed by atoms with van der Waals surface area (Å²) in [5.74, 6) is 0.813. The van der Waals surface area contributed by atoms with Crippen LogP contribution < -0.4 is 4.74 Å². The molecule has 0 saturated carbocycles. The lowest BCUT2D eigenvalue weighted by molar-refractivity contribution is 0.412. The lowest BCUT2D eigenvalue weighted by Crippen LogP contribution is -1.98. The smallest absolute Gasteiger partial charge is 0.133 e. The standard InChI is InChI=1S/C15H18BrN3O/c1-5-19-11(3)15(10(2)18-19)17-9-12-6-7-14(20-4)13(16)8-12/h6-9H,5H2,1-4H3. The Labute approximate surface area is 127 Å². The average Bonchev–Trinajstić information content (AvgIpc) is 2.71. The molecular formula is C15H18BrN3O. The molecule has 4 nitrogen and oxygen atoms in total. The molecule has 1 aromatic heterocycles. The van der Waals surface area contributed by atoms with Crippen molar-refractivity contribution in [2.24, 2.45) is 4.99 Å². The van der Waals surface area contributed by atoms with Gasteiger partial charge in [-0.3, -0.25) is 9.67 Å². The average molecular weight is 336 g/mol. The van der Waals surface area contributed by atoms with Gasteiger partial charge in [-0.1, -0.05) is 0 Å². The van der Waals surface area contributed by atoms with Crippen LogP contribution in [-0.2, 0) is 6.54 Å². The summed E-state index contributed by atoms with van der Waals surface area (Å²) in [6.45, 7) is 6.96. The highest BCUT2D eigenvalue weighted by Crippen LogP contribution is 2.26. The molecule has 5 heteroatoms. The van der Waals surface area contributed by atoms with Gasteiger partial charge in [-0.05, 0) is 60.5 Å². The Morgan fingerprint density at radius 2 is 2.15 bits per heavy atom. The highest BCUT2D eigenvalue weighted by molar-refractivity contribution is 9.10. The summed E-state index contributed by atoms with van der Waals surface area (Å²) in [4.78, 5) is 4.57. The number of rotatable bonds is 4. The number of aliphatic imine (C=N–C) groups is 1. The molecule has 0 amide bonds. The van der Waals surface area contributed by atoms with Crippen molar-refractivity contribution in [2.45, 2.75) is 27.3 Å². The van der Waals surface area contributed by atoms with Gasteiger partial charge < -0.3 is 4.74 Å². The summed E-state index contributed by atoms with van der Waals surface area (Å²) in [6, 6.07) is 5.87. The normalized spacial score (nSPS) is 11.2. The Hall–Kier alpha value is -1.62. The van der Waals surface area contributed by atoms with Crippen LogP contribution in [0.2, 0.25) is 0 Å². The fourth-order valence-electron chi connectivity index (χ4n) is 2.08. The molecule has 0 unspecified atom stereocenters. The third kappa shape index (κ3) is 2.93. The SMILES string of the molecule is CCn1nc(C)c(N=Cc2ccc(OC)c(Br)c2)c1C. The molecule has 1 heterocycles. The maximum Gasteiger partial charge on any atom is 0.133 e. The predicted molar refractivity (Wildman–Crippen MR) is 85.3 cm³/mol. The Balaban J connectivity index is 2.30. The summed E-state index contributed by atoms with van der Waals surface area (Å²) in [5.41, 5.74) is 4.00. The van der Waals surface area contributed by atoms with Crippen molar-refractivity contribution < 1.29 is 4.74 Å². The number of ether oxygens (including phenoxy) is 1. The van der Waals surface area contributed by atoms with Gasteiger partial charge in [0, 0.05) is 12.8 Å². The number of methoxy groups -OCH3 is 1. The summed E-state index contributed by atoms with van der Waals surface area (Å²) in [5, 5.41) is 4.46. The molecule has 106 valence electrons. The van der Waals surface area contributed by atoms with Gasteiger partial charge in [-0.2, -0.15) is 5.10 Å². The number of hydrogen-bond acceptors (Lipinski definition) is 3. The molecule has 0 spiro atoms. The molecule has 0 aliphatic carbocycles. The summed E-state index contributed by atoms with van der Waals surface area (Å²) in [7, 11) is 1.65. The molecule has 0 saturated heterocycles. The molecule has 0 N–H and O–H groups in total. The predicted octanol–water partition coefficient (Wildman–Crippen LogP) is 4.04. The summed E-state index contributed by atoms with van der Waals surface area (Å²) >= 11 is 3.47. The van der Waals surface area contributed by atoms with E-state index < -0.39 is 0 Å². The van der Waals surface area contributed by atoms with Gasteiger partial charge in [0.2, 0.25) is 0 Å². The first kappa shape index (κ1) is 14.8. The minimum absolute atomic E-state index is 0.813. The second-order valence-corrected chi connectivity index (χ2v) is 5.34. The first-order valence-electron chi connectivity index (χ1n) is 6.48. The van der Waals surface area contributed by atoms with E-state index in [0.29, 0.717) is 0 Å². The van der Waals surface area contributed by atoms with Crippen molar-refractivity contribution in [1.82, 2.24) is 9.78 Å². The Kier molecular flexibility index (Phi) is 4.60. The van der Waals surface area contributed by atoms with Crippen LogP contribution in [0.5, 0.6) is 5.75 Å². The van der Waals surface area contributed by atoms with Crippen LogP contribution in [0.1, 0.15) is 23.9 Å². The van der Waals surface area contributed by atoms with Crippen molar-refractivity contribution in [2.75, 3.05) is 7.11 Å². The van der Waals surface area contributed by atoms with Crippen LogP contribution in [0, 0.1) is 13.8 Å². The molecule has 0 aliphatic heterocycles. The Morgan fingerprint density at radius 3 is 2.70 bits per heavy atom. The number of aryl methyl sites for hydroxylation is 2. The van der Waals surface area contributed by atoms with E-state index in [0.717, 1.165) is 39.4 Å². The van der Waals surface area contributed by atoms with Crippen molar-refractivity contribution in [1.29, 1.82) is 0 Å². The Bertz CT molecular complexity index is 647. The molecular weight excluding hydrogens is 318 g/mol. The van der Waals surface area contributed by atoms with E-state index in [4.69, 9.17) is 4.74 Å². The number of aromatic nitrogens is 2. The maximum absolute atomic E-state index is 5.21. The topological polar surface area (TPSA) is 39.4 Å².